The summed E-state index contributed by atoms with van der Waals surface area (Å²) in [6.07, 6.45) is -4.77. The third-order valence-electron chi connectivity index (χ3n) is 5.43. The molecular weight excluding hydrogens is 449 g/mol. The normalized spacial score (nSPS) is 11.8. The highest BCUT2D eigenvalue weighted by atomic mass is 32.1. The monoisotopic (exact) mass is 466 g/mol. The van der Waals surface area contributed by atoms with Crippen LogP contribution in [0.25, 0.3) is 32.2 Å². The summed E-state index contributed by atoms with van der Waals surface area (Å²) < 4.78 is 44.2. The van der Waals surface area contributed by atoms with Crippen molar-refractivity contribution in [2.45, 2.75) is 12.9 Å². The van der Waals surface area contributed by atoms with Gasteiger partial charge in [0.1, 0.15) is 5.75 Å². The summed E-state index contributed by atoms with van der Waals surface area (Å²) >= 11 is 1.61. The van der Waals surface area contributed by atoms with Gasteiger partial charge in [-0.3, -0.25) is 4.79 Å². The number of alkyl halides is 3. The fraction of sp³-hybridized carbons (Fsp3) is 0.0800. The van der Waals surface area contributed by atoms with Crippen molar-refractivity contribution in [1.29, 1.82) is 0 Å². The van der Waals surface area contributed by atoms with Crippen molar-refractivity contribution < 1.29 is 22.7 Å². The molecule has 5 aromatic rings. The molecule has 2 heterocycles. The average molecular weight is 466 g/mol. The standard InChI is InChI=1S/C25H17F3N2O2S/c26-25(27,28)32-17-5-1-4-15(12-17)14-30-20-7-2-6-19(24(29)31)23(20)18-10-9-16(13-21(18)30)22-8-3-11-33-22/h1-13H,14H2,(H2,29,31). The van der Waals surface area contributed by atoms with Crippen molar-refractivity contribution >= 4 is 39.0 Å². The Kier molecular flexibility index (Phi) is 5.09. The van der Waals surface area contributed by atoms with Gasteiger partial charge in [-0.1, -0.05) is 36.4 Å². The van der Waals surface area contributed by atoms with Crippen LogP contribution in [0.3, 0.4) is 0 Å². The van der Waals surface area contributed by atoms with Gasteiger partial charge in [0, 0.05) is 27.8 Å². The van der Waals surface area contributed by atoms with E-state index in [4.69, 9.17) is 5.73 Å². The Balaban J connectivity index is 1.71. The van der Waals surface area contributed by atoms with E-state index in [9.17, 15) is 18.0 Å². The number of carbonyl (C=O) groups is 1. The van der Waals surface area contributed by atoms with Gasteiger partial charge in [-0.15, -0.1) is 24.5 Å². The fourth-order valence-corrected chi connectivity index (χ4v) is 4.86. The smallest absolute Gasteiger partial charge is 0.406 e. The summed E-state index contributed by atoms with van der Waals surface area (Å²) in [5, 5.41) is 3.56. The third-order valence-corrected chi connectivity index (χ3v) is 6.35. The second kappa shape index (κ2) is 7.97. The predicted molar refractivity (Wildman–Crippen MR) is 124 cm³/mol. The van der Waals surface area contributed by atoms with Crippen molar-refractivity contribution in [3.05, 3.63) is 89.3 Å². The van der Waals surface area contributed by atoms with Crippen LogP contribution in [-0.2, 0) is 6.54 Å². The lowest BCUT2D eigenvalue weighted by molar-refractivity contribution is -0.274. The molecule has 0 radical (unpaired) electrons. The van der Waals surface area contributed by atoms with Crippen LogP contribution in [0.5, 0.6) is 5.75 Å². The molecule has 8 heteroatoms. The minimum atomic E-state index is -4.77. The van der Waals surface area contributed by atoms with E-state index in [2.05, 4.69) is 4.74 Å². The number of rotatable bonds is 5. The molecule has 0 aliphatic rings. The highest BCUT2D eigenvalue weighted by Gasteiger charge is 2.31. The van der Waals surface area contributed by atoms with Crippen LogP contribution in [0.15, 0.2) is 78.2 Å². The Hall–Kier alpha value is -3.78. The number of primary amides is 1. The molecular formula is C25H17F3N2O2S. The molecule has 4 nitrogen and oxygen atoms in total. The minimum absolute atomic E-state index is 0.280. The number of thiophene rings is 1. The first kappa shape index (κ1) is 21.1. The molecule has 2 aromatic heterocycles. The second-order valence-electron chi connectivity index (χ2n) is 7.55. The SMILES string of the molecule is NC(=O)c1cccc2c1c1ccc(-c3cccs3)cc1n2Cc1cccc(OC(F)(F)F)c1. The highest BCUT2D eigenvalue weighted by Crippen LogP contribution is 2.36. The molecule has 0 unspecified atom stereocenters. The Morgan fingerprint density at radius 1 is 0.970 bits per heavy atom. The number of hydrogen-bond donors (Lipinski definition) is 1. The Morgan fingerprint density at radius 2 is 1.79 bits per heavy atom. The van der Waals surface area contributed by atoms with Crippen LogP contribution in [0.2, 0.25) is 0 Å². The zero-order valence-electron chi connectivity index (χ0n) is 17.1. The number of nitrogens with two attached hydrogens (primary N) is 1. The zero-order valence-corrected chi connectivity index (χ0v) is 17.9. The summed E-state index contributed by atoms with van der Waals surface area (Å²) in [7, 11) is 0. The van der Waals surface area contributed by atoms with Crippen molar-refractivity contribution in [3.63, 3.8) is 0 Å². The molecule has 0 aliphatic carbocycles. The van der Waals surface area contributed by atoms with Gasteiger partial charge in [-0.2, -0.15) is 0 Å². The lowest BCUT2D eigenvalue weighted by atomic mass is 10.0. The molecule has 0 spiro atoms. The van der Waals surface area contributed by atoms with Crippen molar-refractivity contribution in [3.8, 4) is 16.2 Å². The molecule has 0 saturated heterocycles. The second-order valence-corrected chi connectivity index (χ2v) is 8.50. The molecule has 5 rings (SSSR count). The van der Waals surface area contributed by atoms with E-state index in [1.54, 1.807) is 29.5 Å². The number of carbonyl (C=O) groups excluding carboxylic acids is 1. The number of ether oxygens (including phenoxy) is 1. The third kappa shape index (κ3) is 4.05. The van der Waals surface area contributed by atoms with Crippen LogP contribution >= 0.6 is 11.3 Å². The van der Waals surface area contributed by atoms with E-state index in [-0.39, 0.29) is 12.3 Å². The molecule has 2 N–H and O–H groups in total. The molecule has 1 amide bonds. The van der Waals surface area contributed by atoms with E-state index in [1.165, 1.54) is 18.2 Å². The summed E-state index contributed by atoms with van der Waals surface area (Å²) in [5.41, 5.74) is 9.31. The van der Waals surface area contributed by atoms with Crippen molar-refractivity contribution in [2.24, 2.45) is 5.73 Å². The van der Waals surface area contributed by atoms with Gasteiger partial charge in [0.15, 0.2) is 0 Å². The van der Waals surface area contributed by atoms with Crippen LogP contribution < -0.4 is 10.5 Å². The number of aromatic nitrogens is 1. The molecule has 0 saturated carbocycles. The average Bonchev–Trinajstić information content (AvgIpc) is 3.40. The summed E-state index contributed by atoms with van der Waals surface area (Å²) in [5.74, 6) is -0.819. The minimum Gasteiger partial charge on any atom is -0.406 e. The molecule has 3 aromatic carbocycles. The van der Waals surface area contributed by atoms with E-state index in [0.29, 0.717) is 11.1 Å². The number of benzene rings is 3. The van der Waals surface area contributed by atoms with Crippen LogP contribution in [-0.4, -0.2) is 16.8 Å². The topological polar surface area (TPSA) is 57.2 Å². The lowest BCUT2D eigenvalue weighted by Crippen LogP contribution is -2.17. The van der Waals surface area contributed by atoms with Gasteiger partial charge in [-0.05, 0) is 52.9 Å². The number of fused-ring (bicyclic) bond motifs is 3. The van der Waals surface area contributed by atoms with Crippen LogP contribution in [0.1, 0.15) is 15.9 Å². The van der Waals surface area contributed by atoms with E-state index >= 15 is 0 Å². The molecule has 33 heavy (non-hydrogen) atoms. The molecule has 0 fully saturated rings. The summed E-state index contributed by atoms with van der Waals surface area (Å²) in [6, 6.07) is 21.2. The van der Waals surface area contributed by atoms with Crippen molar-refractivity contribution in [1.82, 2.24) is 4.57 Å². The lowest BCUT2D eigenvalue weighted by Gasteiger charge is -2.12. The summed E-state index contributed by atoms with van der Waals surface area (Å²) in [6.45, 7) is 0.283. The largest absolute Gasteiger partial charge is 0.573 e. The first-order valence-corrected chi connectivity index (χ1v) is 10.9. The Labute approximate surface area is 190 Å². The first-order valence-electron chi connectivity index (χ1n) is 10.0. The van der Waals surface area contributed by atoms with Crippen LogP contribution in [0.4, 0.5) is 13.2 Å². The van der Waals surface area contributed by atoms with Gasteiger partial charge in [0.25, 0.3) is 0 Å². The van der Waals surface area contributed by atoms with E-state index in [0.717, 1.165) is 32.2 Å². The van der Waals surface area contributed by atoms with Gasteiger partial charge in [-0.25, -0.2) is 0 Å². The number of hydrogen-bond acceptors (Lipinski definition) is 3. The number of nitrogens with zero attached hydrogens (tertiary/aromatic N) is 1. The van der Waals surface area contributed by atoms with Gasteiger partial charge in [0.2, 0.25) is 5.91 Å². The van der Waals surface area contributed by atoms with Crippen LogP contribution in [0, 0.1) is 0 Å². The van der Waals surface area contributed by atoms with E-state index < -0.39 is 12.3 Å². The molecule has 0 bridgehead atoms. The van der Waals surface area contributed by atoms with Crippen molar-refractivity contribution in [2.75, 3.05) is 0 Å². The fourth-order valence-electron chi connectivity index (χ4n) is 4.14. The number of halogens is 3. The molecule has 0 aliphatic heterocycles. The maximum absolute atomic E-state index is 12.7. The maximum atomic E-state index is 12.7. The predicted octanol–water partition coefficient (Wildman–Crippen LogP) is 6.57. The van der Waals surface area contributed by atoms with E-state index in [1.807, 2.05) is 46.3 Å². The maximum Gasteiger partial charge on any atom is 0.573 e. The van der Waals surface area contributed by atoms with Gasteiger partial charge < -0.3 is 15.0 Å². The zero-order chi connectivity index (χ0) is 23.2. The summed E-state index contributed by atoms with van der Waals surface area (Å²) in [4.78, 5) is 13.2. The molecule has 166 valence electrons. The van der Waals surface area contributed by atoms with Gasteiger partial charge in [0.05, 0.1) is 11.0 Å². The molecule has 0 atom stereocenters. The highest BCUT2D eigenvalue weighted by molar-refractivity contribution is 7.13. The Morgan fingerprint density at radius 3 is 2.52 bits per heavy atom. The quantitative estimate of drug-likeness (QED) is 0.319. The van der Waals surface area contributed by atoms with Gasteiger partial charge >= 0.3 is 6.36 Å². The Bertz CT molecular complexity index is 1490. The number of amides is 1. The first-order chi connectivity index (χ1) is 15.8.